The molecule has 0 radical (unpaired) electrons. The fourth-order valence-electron chi connectivity index (χ4n) is 2.52. The zero-order valence-electron chi connectivity index (χ0n) is 16.5. The fourth-order valence-corrected chi connectivity index (χ4v) is 2.52. The number of hydrogen-bond acceptors (Lipinski definition) is 5. The van der Waals surface area contributed by atoms with Gasteiger partial charge in [-0.1, -0.05) is 26.3 Å². The summed E-state index contributed by atoms with van der Waals surface area (Å²) in [6, 6.07) is 5.29. The average Bonchev–Trinajstić information content (AvgIpc) is 3.41. The number of amides is 2. The molecule has 7 nitrogen and oxygen atoms in total. The predicted octanol–water partition coefficient (Wildman–Crippen LogP) is 4.23. The molecule has 0 atom stereocenters. The first-order chi connectivity index (χ1) is 12.9. The molecule has 0 spiro atoms. The third-order valence-corrected chi connectivity index (χ3v) is 4.31. The van der Waals surface area contributed by atoms with E-state index in [2.05, 4.69) is 29.4 Å². The Morgan fingerprint density at radius 2 is 1.78 bits per heavy atom. The molecule has 1 aromatic rings. The molecule has 0 aliphatic carbocycles. The van der Waals surface area contributed by atoms with E-state index in [0.29, 0.717) is 30.5 Å². The maximum absolute atomic E-state index is 11.9. The van der Waals surface area contributed by atoms with E-state index in [1.807, 2.05) is 13.0 Å². The molecular weight excluding hydrogens is 346 g/mol. The minimum Gasteiger partial charge on any atom is -0.449 e. The molecule has 7 heteroatoms. The van der Waals surface area contributed by atoms with Gasteiger partial charge in [0.2, 0.25) is 0 Å². The summed E-state index contributed by atoms with van der Waals surface area (Å²) in [6.45, 7) is 9.91. The van der Waals surface area contributed by atoms with Crippen molar-refractivity contribution in [1.29, 1.82) is 0 Å². The molecule has 1 aliphatic heterocycles. The number of carbonyl (C=O) groups excluding carboxylic acids is 2. The summed E-state index contributed by atoms with van der Waals surface area (Å²) >= 11 is 0. The van der Waals surface area contributed by atoms with E-state index in [1.165, 1.54) is 0 Å². The molecule has 1 heterocycles. The van der Waals surface area contributed by atoms with Crippen molar-refractivity contribution in [3.8, 4) is 0 Å². The average molecular weight is 377 g/mol. The summed E-state index contributed by atoms with van der Waals surface area (Å²) in [6.07, 6.45) is 2.05. The quantitative estimate of drug-likeness (QED) is 0.471. The number of anilines is 2. The summed E-state index contributed by atoms with van der Waals surface area (Å²) in [5.74, 6) is 0.662. The molecule has 1 aromatic carbocycles. The molecule has 1 aliphatic rings. The van der Waals surface area contributed by atoms with Gasteiger partial charge in [0.05, 0.1) is 6.61 Å². The van der Waals surface area contributed by atoms with Gasteiger partial charge in [-0.25, -0.2) is 9.59 Å². The highest BCUT2D eigenvalue weighted by molar-refractivity contribution is 5.89. The smallest absolute Gasteiger partial charge is 0.411 e. The highest BCUT2D eigenvalue weighted by Gasteiger charge is 2.17. The van der Waals surface area contributed by atoms with E-state index in [9.17, 15) is 9.59 Å². The monoisotopic (exact) mass is 377 g/mol. The third kappa shape index (κ3) is 8.77. The van der Waals surface area contributed by atoms with Gasteiger partial charge >= 0.3 is 12.2 Å². The fraction of sp³-hybridized carbons (Fsp3) is 0.600. The minimum atomic E-state index is -0.496. The van der Waals surface area contributed by atoms with Gasteiger partial charge in [-0.05, 0) is 43.4 Å². The maximum atomic E-state index is 11.9. The number of ether oxygens (including phenoxy) is 2. The van der Waals surface area contributed by atoms with E-state index in [4.69, 9.17) is 9.47 Å². The van der Waals surface area contributed by atoms with Crippen LogP contribution in [-0.4, -0.2) is 49.9 Å². The van der Waals surface area contributed by atoms with Gasteiger partial charge in [0.15, 0.2) is 0 Å². The van der Waals surface area contributed by atoms with Crippen LogP contribution in [0.1, 0.15) is 38.7 Å². The molecule has 2 amide bonds. The van der Waals surface area contributed by atoms with Crippen LogP contribution in [-0.2, 0) is 9.47 Å². The molecule has 150 valence electrons. The molecule has 0 aromatic heterocycles. The lowest BCUT2D eigenvalue weighted by Gasteiger charge is -2.12. The van der Waals surface area contributed by atoms with Crippen LogP contribution in [0.5, 0.6) is 0 Å². The Morgan fingerprint density at radius 3 is 2.48 bits per heavy atom. The Labute approximate surface area is 161 Å². The number of benzene rings is 1. The number of unbranched alkanes of at least 4 members (excludes halogenated alkanes) is 1. The molecule has 1 fully saturated rings. The Balaban J connectivity index is 1.73. The zero-order valence-corrected chi connectivity index (χ0v) is 16.5. The van der Waals surface area contributed by atoms with Gasteiger partial charge in [0, 0.05) is 31.0 Å². The molecule has 27 heavy (non-hydrogen) atoms. The molecule has 1 saturated heterocycles. The molecule has 0 bridgehead atoms. The van der Waals surface area contributed by atoms with Crippen molar-refractivity contribution in [2.45, 2.75) is 40.0 Å². The highest BCUT2D eigenvalue weighted by Crippen LogP contribution is 2.21. The summed E-state index contributed by atoms with van der Waals surface area (Å²) in [5, 5.41) is 5.41. The lowest BCUT2D eigenvalue weighted by Crippen LogP contribution is -2.19. The van der Waals surface area contributed by atoms with Gasteiger partial charge in [-0.15, -0.1) is 0 Å². The van der Waals surface area contributed by atoms with Crippen molar-refractivity contribution in [3.63, 3.8) is 0 Å². The van der Waals surface area contributed by atoms with E-state index < -0.39 is 12.2 Å². The van der Waals surface area contributed by atoms with Crippen molar-refractivity contribution in [2.24, 2.45) is 5.92 Å². The van der Waals surface area contributed by atoms with E-state index >= 15 is 0 Å². The number of hydrogen-bond donors (Lipinski definition) is 2. The second kappa shape index (κ2) is 10.8. The molecule has 0 saturated carbocycles. The largest absolute Gasteiger partial charge is 0.449 e. The standard InChI is InChI=1S/C20H31N3O4/c1-15(2)6-4-5-12-26-19(24)21-17-8-7-16(3)18(14-17)22-20(25)27-13-11-23-9-10-23/h7-8,14-15H,4-6,9-13H2,1-3H3,(H,21,24)(H,22,25). The van der Waals surface area contributed by atoms with Gasteiger partial charge in [-0.3, -0.25) is 15.5 Å². The van der Waals surface area contributed by atoms with Crippen molar-refractivity contribution in [2.75, 3.05) is 43.5 Å². The first-order valence-corrected chi connectivity index (χ1v) is 9.64. The van der Waals surface area contributed by atoms with Crippen molar-refractivity contribution in [3.05, 3.63) is 23.8 Å². The van der Waals surface area contributed by atoms with Crippen LogP contribution in [0.4, 0.5) is 21.0 Å². The summed E-state index contributed by atoms with van der Waals surface area (Å²) < 4.78 is 10.4. The van der Waals surface area contributed by atoms with Gasteiger partial charge in [0.1, 0.15) is 6.61 Å². The first kappa shape index (κ1) is 21.0. The van der Waals surface area contributed by atoms with E-state index in [1.54, 1.807) is 12.1 Å². The van der Waals surface area contributed by atoms with Crippen molar-refractivity contribution >= 4 is 23.6 Å². The van der Waals surface area contributed by atoms with Gasteiger partial charge < -0.3 is 9.47 Å². The summed E-state index contributed by atoms with van der Waals surface area (Å²) in [4.78, 5) is 26.0. The Kier molecular flexibility index (Phi) is 8.39. The maximum Gasteiger partial charge on any atom is 0.411 e. The van der Waals surface area contributed by atoms with E-state index in [-0.39, 0.29) is 0 Å². The Morgan fingerprint density at radius 1 is 1.07 bits per heavy atom. The molecule has 2 rings (SSSR count). The second-order valence-corrected chi connectivity index (χ2v) is 7.28. The van der Waals surface area contributed by atoms with Crippen LogP contribution in [0.3, 0.4) is 0 Å². The van der Waals surface area contributed by atoms with E-state index in [0.717, 1.165) is 44.5 Å². The molecular formula is C20H31N3O4. The van der Waals surface area contributed by atoms with Crippen LogP contribution < -0.4 is 10.6 Å². The SMILES string of the molecule is Cc1ccc(NC(=O)OCCCCC(C)C)cc1NC(=O)OCCN1CC1. The van der Waals surface area contributed by atoms with Crippen molar-refractivity contribution in [1.82, 2.24) is 4.90 Å². The number of nitrogens with one attached hydrogen (secondary N) is 2. The number of rotatable bonds is 10. The lowest BCUT2D eigenvalue weighted by molar-refractivity contribution is 0.157. The Bertz CT molecular complexity index is 630. The lowest BCUT2D eigenvalue weighted by atomic mass is 10.1. The number of aryl methyl sites for hydroxylation is 1. The van der Waals surface area contributed by atoms with Crippen LogP contribution in [0, 0.1) is 12.8 Å². The normalized spacial score (nSPS) is 13.3. The third-order valence-electron chi connectivity index (χ3n) is 4.31. The molecule has 2 N–H and O–H groups in total. The van der Waals surface area contributed by atoms with Crippen LogP contribution in [0.15, 0.2) is 18.2 Å². The molecule has 0 unspecified atom stereocenters. The topological polar surface area (TPSA) is 79.7 Å². The second-order valence-electron chi connectivity index (χ2n) is 7.28. The Hall–Kier alpha value is -2.28. The highest BCUT2D eigenvalue weighted by atomic mass is 16.6. The van der Waals surface area contributed by atoms with Crippen LogP contribution in [0.2, 0.25) is 0 Å². The summed E-state index contributed by atoms with van der Waals surface area (Å²) in [7, 11) is 0. The van der Waals surface area contributed by atoms with Crippen LogP contribution in [0.25, 0.3) is 0 Å². The number of nitrogens with zero attached hydrogens (tertiary/aromatic N) is 1. The summed E-state index contributed by atoms with van der Waals surface area (Å²) in [5.41, 5.74) is 2.04. The number of carbonyl (C=O) groups is 2. The minimum absolute atomic E-state index is 0.367. The first-order valence-electron chi connectivity index (χ1n) is 9.64. The van der Waals surface area contributed by atoms with Crippen molar-refractivity contribution < 1.29 is 19.1 Å². The van der Waals surface area contributed by atoms with Gasteiger partial charge in [0.25, 0.3) is 0 Å². The predicted molar refractivity (Wildman–Crippen MR) is 106 cm³/mol. The van der Waals surface area contributed by atoms with Crippen LogP contribution >= 0.6 is 0 Å². The zero-order chi connectivity index (χ0) is 19.6. The van der Waals surface area contributed by atoms with Gasteiger partial charge in [-0.2, -0.15) is 0 Å².